The number of nitrogens with one attached hydrogen (secondary N) is 2. The molecule has 1 aliphatic heterocycles. The Hall–Kier alpha value is -2.50. The van der Waals surface area contributed by atoms with Gasteiger partial charge in [-0.1, -0.05) is 11.6 Å². The smallest absolute Gasteiger partial charge is 0.0932 e. The second kappa shape index (κ2) is 8.09. The van der Waals surface area contributed by atoms with E-state index in [4.69, 9.17) is 11.6 Å². The number of piperidine rings is 1. The molecule has 2 aromatic carbocycles. The number of nitrogens with zero attached hydrogens (tertiary/aromatic N) is 3. The number of hydrogen-bond donors (Lipinski definition) is 2. The topological polar surface area (TPSA) is 56.8 Å². The van der Waals surface area contributed by atoms with E-state index in [0.29, 0.717) is 0 Å². The summed E-state index contributed by atoms with van der Waals surface area (Å²) in [4.78, 5) is 14.7. The van der Waals surface area contributed by atoms with Crippen LogP contribution in [0.2, 0.25) is 5.02 Å². The Morgan fingerprint density at radius 1 is 1.03 bits per heavy atom. The minimum Gasteiger partial charge on any atom is -0.370 e. The molecular weight excluding hydrogens is 405 g/mol. The van der Waals surface area contributed by atoms with Crippen molar-refractivity contribution in [2.75, 3.05) is 23.3 Å². The van der Waals surface area contributed by atoms with Crippen LogP contribution in [-0.4, -0.2) is 28.0 Å². The Kier molecular flexibility index (Phi) is 5.52. The van der Waals surface area contributed by atoms with Crippen molar-refractivity contribution in [2.24, 2.45) is 0 Å². The summed E-state index contributed by atoms with van der Waals surface area (Å²) in [6, 6.07) is 12.3. The molecule has 0 radical (unpaired) electrons. The second-order valence-electron chi connectivity index (χ2n) is 7.41. The van der Waals surface area contributed by atoms with Crippen molar-refractivity contribution in [3.63, 3.8) is 0 Å². The van der Waals surface area contributed by atoms with Gasteiger partial charge in [-0.3, -0.25) is 4.98 Å². The van der Waals surface area contributed by atoms with Gasteiger partial charge in [0.25, 0.3) is 0 Å². The third-order valence-electron chi connectivity index (χ3n) is 5.42. The van der Waals surface area contributed by atoms with E-state index in [-0.39, 0.29) is 12.4 Å². The van der Waals surface area contributed by atoms with E-state index in [2.05, 4.69) is 43.4 Å². The van der Waals surface area contributed by atoms with E-state index in [0.717, 1.165) is 62.8 Å². The Morgan fingerprint density at radius 3 is 2.62 bits per heavy atom. The molecule has 0 bridgehead atoms. The number of imidazole rings is 1. The van der Waals surface area contributed by atoms with E-state index in [9.17, 15) is 0 Å². The predicted octanol–water partition coefficient (Wildman–Crippen LogP) is 6.23. The van der Waals surface area contributed by atoms with Crippen LogP contribution in [0.25, 0.3) is 21.9 Å². The lowest BCUT2D eigenvalue weighted by Crippen LogP contribution is -2.29. The maximum absolute atomic E-state index is 6.65. The molecule has 1 saturated heterocycles. The molecule has 0 spiro atoms. The highest BCUT2D eigenvalue weighted by molar-refractivity contribution is 6.33. The third kappa shape index (κ3) is 3.72. The van der Waals surface area contributed by atoms with Gasteiger partial charge in [0.2, 0.25) is 0 Å². The van der Waals surface area contributed by atoms with Crippen molar-refractivity contribution in [2.45, 2.75) is 26.2 Å². The first-order valence-electron chi connectivity index (χ1n) is 9.74. The number of anilines is 3. The number of fused-ring (bicyclic) bond motifs is 3. The molecule has 29 heavy (non-hydrogen) atoms. The van der Waals surface area contributed by atoms with Crippen LogP contribution in [0.5, 0.6) is 0 Å². The van der Waals surface area contributed by atoms with Gasteiger partial charge >= 0.3 is 0 Å². The average Bonchev–Trinajstić information content (AvgIpc) is 3.17. The molecule has 5 nitrogen and oxygen atoms in total. The highest BCUT2D eigenvalue weighted by Crippen LogP contribution is 2.35. The van der Waals surface area contributed by atoms with E-state index in [1.807, 2.05) is 25.1 Å². The summed E-state index contributed by atoms with van der Waals surface area (Å²) in [5.74, 6) is 0. The number of pyridine rings is 1. The highest BCUT2D eigenvalue weighted by Gasteiger charge is 2.15. The number of aromatic amines is 1. The second-order valence-corrected chi connectivity index (χ2v) is 7.81. The van der Waals surface area contributed by atoms with Crippen LogP contribution in [0.3, 0.4) is 0 Å². The SMILES string of the molecule is Cc1cc(Nc2ccc(N3CCCCC3)c(Cl)c2)c2c(ccc3nc[nH]c32)n1.Cl. The molecule has 0 amide bonds. The van der Waals surface area contributed by atoms with Gasteiger partial charge < -0.3 is 15.2 Å². The van der Waals surface area contributed by atoms with Gasteiger partial charge in [-0.25, -0.2) is 4.98 Å². The summed E-state index contributed by atoms with van der Waals surface area (Å²) in [5.41, 5.74) is 6.91. The number of aromatic nitrogens is 3. The minimum absolute atomic E-state index is 0. The maximum Gasteiger partial charge on any atom is 0.0932 e. The van der Waals surface area contributed by atoms with Crippen LogP contribution in [0.4, 0.5) is 17.1 Å². The fourth-order valence-corrected chi connectivity index (χ4v) is 4.40. The maximum atomic E-state index is 6.65. The molecule has 7 heteroatoms. The average molecular weight is 428 g/mol. The standard InChI is InChI=1S/C22H22ClN5.ClH/c1-14-11-19(21-17(26-14)6-7-18-22(21)25-13-24-18)27-15-5-8-20(16(23)12-15)28-9-3-2-4-10-28;/h5-8,11-13H,2-4,9-10H2,1H3,(H,24,25)(H,26,27);1H. The summed E-state index contributed by atoms with van der Waals surface area (Å²) in [6.07, 6.45) is 5.50. The Bertz CT molecular complexity index is 1160. The van der Waals surface area contributed by atoms with Crippen LogP contribution in [-0.2, 0) is 0 Å². The molecule has 0 unspecified atom stereocenters. The highest BCUT2D eigenvalue weighted by atomic mass is 35.5. The monoisotopic (exact) mass is 427 g/mol. The number of hydrogen-bond acceptors (Lipinski definition) is 4. The van der Waals surface area contributed by atoms with E-state index in [1.165, 1.54) is 19.3 Å². The molecule has 1 fully saturated rings. The zero-order valence-electron chi connectivity index (χ0n) is 16.2. The Balaban J connectivity index is 0.00000205. The molecule has 0 saturated carbocycles. The number of halogens is 2. The quantitative estimate of drug-likeness (QED) is 0.406. The minimum atomic E-state index is 0. The van der Waals surface area contributed by atoms with Crippen molar-refractivity contribution in [1.82, 2.24) is 15.0 Å². The third-order valence-corrected chi connectivity index (χ3v) is 5.72. The van der Waals surface area contributed by atoms with Gasteiger partial charge in [0.1, 0.15) is 0 Å². The van der Waals surface area contributed by atoms with Crippen LogP contribution < -0.4 is 10.2 Å². The van der Waals surface area contributed by atoms with Gasteiger partial charge in [0.15, 0.2) is 0 Å². The van der Waals surface area contributed by atoms with Gasteiger partial charge in [0, 0.05) is 29.9 Å². The van der Waals surface area contributed by atoms with Gasteiger partial charge in [-0.15, -0.1) is 12.4 Å². The van der Waals surface area contributed by atoms with E-state index >= 15 is 0 Å². The van der Waals surface area contributed by atoms with E-state index < -0.39 is 0 Å². The van der Waals surface area contributed by atoms with Crippen LogP contribution in [0.1, 0.15) is 25.0 Å². The van der Waals surface area contributed by atoms with Crippen LogP contribution >= 0.6 is 24.0 Å². The first-order chi connectivity index (χ1) is 13.7. The number of H-pyrrole nitrogens is 1. The Labute approximate surface area is 180 Å². The molecule has 2 aromatic heterocycles. The molecular formula is C22H23Cl2N5. The van der Waals surface area contributed by atoms with Crippen molar-refractivity contribution < 1.29 is 0 Å². The summed E-state index contributed by atoms with van der Waals surface area (Å²) in [7, 11) is 0. The summed E-state index contributed by atoms with van der Waals surface area (Å²) >= 11 is 6.65. The summed E-state index contributed by atoms with van der Waals surface area (Å²) in [6.45, 7) is 4.17. The molecule has 3 heterocycles. The van der Waals surface area contributed by atoms with Crippen LogP contribution in [0.15, 0.2) is 42.7 Å². The molecule has 150 valence electrons. The Morgan fingerprint density at radius 2 is 1.83 bits per heavy atom. The zero-order chi connectivity index (χ0) is 19.1. The fourth-order valence-electron chi connectivity index (χ4n) is 4.10. The van der Waals surface area contributed by atoms with Crippen molar-refractivity contribution in [3.8, 4) is 0 Å². The number of rotatable bonds is 3. The van der Waals surface area contributed by atoms with Crippen molar-refractivity contribution >= 4 is 63.0 Å². The van der Waals surface area contributed by atoms with Crippen molar-refractivity contribution in [1.29, 1.82) is 0 Å². The fraction of sp³-hybridized carbons (Fsp3) is 0.273. The van der Waals surface area contributed by atoms with Crippen molar-refractivity contribution in [3.05, 3.63) is 53.4 Å². The summed E-state index contributed by atoms with van der Waals surface area (Å²) < 4.78 is 0. The molecule has 0 atom stereocenters. The lowest BCUT2D eigenvalue weighted by molar-refractivity contribution is 0.578. The van der Waals surface area contributed by atoms with Gasteiger partial charge in [-0.05, 0) is 62.6 Å². The molecule has 5 rings (SSSR count). The van der Waals surface area contributed by atoms with Gasteiger partial charge in [-0.2, -0.15) is 0 Å². The normalized spacial score (nSPS) is 14.2. The first kappa shape index (κ1) is 19.8. The largest absolute Gasteiger partial charge is 0.370 e. The van der Waals surface area contributed by atoms with E-state index in [1.54, 1.807) is 6.33 Å². The number of aryl methyl sites for hydroxylation is 1. The predicted molar refractivity (Wildman–Crippen MR) is 124 cm³/mol. The first-order valence-corrected chi connectivity index (χ1v) is 10.1. The van der Waals surface area contributed by atoms with Crippen LogP contribution in [0, 0.1) is 6.92 Å². The number of benzene rings is 2. The van der Waals surface area contributed by atoms with Gasteiger partial charge in [0.05, 0.1) is 39.3 Å². The molecule has 1 aliphatic rings. The molecule has 0 aliphatic carbocycles. The zero-order valence-corrected chi connectivity index (χ0v) is 17.8. The lowest BCUT2D eigenvalue weighted by Gasteiger charge is -2.29. The lowest BCUT2D eigenvalue weighted by atomic mass is 10.1. The summed E-state index contributed by atoms with van der Waals surface area (Å²) in [5, 5.41) is 5.37. The molecule has 2 N–H and O–H groups in total. The molecule has 4 aromatic rings.